The number of nitrogens with zero attached hydrogens (tertiary/aromatic N) is 4. The van der Waals surface area contributed by atoms with E-state index in [4.69, 9.17) is 5.53 Å². The highest BCUT2D eigenvalue weighted by Gasteiger charge is 1.92. The molecule has 1 aromatic heterocycles. The number of rotatable bonds is 3. The summed E-state index contributed by atoms with van der Waals surface area (Å²) in [5.74, 6) is 0. The first kappa shape index (κ1) is 10.3. The molecule has 14 heavy (non-hydrogen) atoms. The number of pyridine rings is 1. The Kier molecular flexibility index (Phi) is 3.70. The molecule has 1 aromatic rings. The molecular weight excluding hydrogens is 176 g/mol. The molecule has 1 rings (SSSR count). The molecule has 0 unspecified atom stereocenters. The van der Waals surface area contributed by atoms with Crippen molar-refractivity contribution in [1.29, 1.82) is 0 Å². The first-order chi connectivity index (χ1) is 6.72. The number of hydrogen-bond donors (Lipinski definition) is 0. The zero-order chi connectivity index (χ0) is 10.4. The summed E-state index contributed by atoms with van der Waals surface area (Å²) >= 11 is 0. The van der Waals surface area contributed by atoms with Gasteiger partial charge in [-0.1, -0.05) is 17.3 Å². The van der Waals surface area contributed by atoms with Crippen molar-refractivity contribution in [2.45, 2.75) is 13.8 Å². The average molecular weight is 188 g/mol. The number of aromatic nitrogens is 1. The molecule has 0 amide bonds. The van der Waals surface area contributed by atoms with Crippen LogP contribution >= 0.6 is 0 Å². The molecule has 0 radical (unpaired) electrons. The van der Waals surface area contributed by atoms with Crippen LogP contribution in [0.5, 0.6) is 0 Å². The Morgan fingerprint density at radius 1 is 1.43 bits per heavy atom. The van der Waals surface area contributed by atoms with E-state index in [1.807, 2.05) is 38.1 Å². The highest BCUT2D eigenvalue weighted by atomic mass is 15.1. The third-order valence-electron chi connectivity index (χ3n) is 1.66. The van der Waals surface area contributed by atoms with E-state index in [0.717, 1.165) is 17.0 Å². The van der Waals surface area contributed by atoms with Gasteiger partial charge in [-0.3, -0.25) is 4.98 Å². The molecule has 0 aliphatic carbocycles. The summed E-state index contributed by atoms with van der Waals surface area (Å²) in [6.07, 6.45) is 3.75. The Bertz CT molecular complexity index is 369. The van der Waals surface area contributed by atoms with Crippen LogP contribution in [0.3, 0.4) is 0 Å². The van der Waals surface area contributed by atoms with Crippen molar-refractivity contribution >= 4 is 6.08 Å². The van der Waals surface area contributed by atoms with Gasteiger partial charge in [-0.15, -0.1) is 0 Å². The van der Waals surface area contributed by atoms with Crippen LogP contribution in [0.15, 0.2) is 23.3 Å². The molecular formula is C10H12N4. The first-order valence-corrected chi connectivity index (χ1v) is 4.35. The zero-order valence-electron chi connectivity index (χ0n) is 8.31. The van der Waals surface area contributed by atoms with Crippen molar-refractivity contribution in [3.63, 3.8) is 0 Å². The fourth-order valence-electron chi connectivity index (χ4n) is 1.24. The van der Waals surface area contributed by atoms with Gasteiger partial charge in [0.25, 0.3) is 0 Å². The lowest BCUT2D eigenvalue weighted by atomic mass is 10.2. The van der Waals surface area contributed by atoms with E-state index in [1.54, 1.807) is 0 Å². The number of aryl methyl sites for hydroxylation is 2. The molecule has 0 saturated carbocycles. The van der Waals surface area contributed by atoms with Gasteiger partial charge in [0.15, 0.2) is 0 Å². The van der Waals surface area contributed by atoms with Crippen LogP contribution in [0.4, 0.5) is 0 Å². The van der Waals surface area contributed by atoms with E-state index >= 15 is 0 Å². The summed E-state index contributed by atoms with van der Waals surface area (Å²) in [6.45, 7) is 4.30. The quantitative estimate of drug-likeness (QED) is 0.408. The molecule has 0 N–H and O–H groups in total. The summed E-state index contributed by atoms with van der Waals surface area (Å²) in [5.41, 5.74) is 11.1. The Balaban J connectivity index is 2.75. The van der Waals surface area contributed by atoms with Crippen LogP contribution in [-0.2, 0) is 0 Å². The summed E-state index contributed by atoms with van der Waals surface area (Å²) in [4.78, 5) is 6.93. The fourth-order valence-corrected chi connectivity index (χ4v) is 1.24. The second-order valence-corrected chi connectivity index (χ2v) is 3.00. The molecule has 0 spiro atoms. The van der Waals surface area contributed by atoms with E-state index in [2.05, 4.69) is 15.0 Å². The maximum Gasteiger partial charge on any atom is 0.0443 e. The van der Waals surface area contributed by atoms with E-state index in [1.165, 1.54) is 0 Å². The Morgan fingerprint density at radius 2 is 2.07 bits per heavy atom. The van der Waals surface area contributed by atoms with Crippen LogP contribution in [0, 0.1) is 13.8 Å². The lowest BCUT2D eigenvalue weighted by Gasteiger charge is -1.98. The van der Waals surface area contributed by atoms with Crippen molar-refractivity contribution in [2.75, 3.05) is 6.54 Å². The molecule has 0 saturated heterocycles. The maximum atomic E-state index is 8.07. The molecule has 1 heterocycles. The van der Waals surface area contributed by atoms with Crippen molar-refractivity contribution in [3.8, 4) is 0 Å². The third-order valence-corrected chi connectivity index (χ3v) is 1.66. The van der Waals surface area contributed by atoms with E-state index in [-0.39, 0.29) is 0 Å². The van der Waals surface area contributed by atoms with Crippen LogP contribution in [0.2, 0.25) is 0 Å². The molecule has 0 aromatic carbocycles. The Hall–Kier alpha value is -1.80. The van der Waals surface area contributed by atoms with Gasteiger partial charge in [-0.2, -0.15) is 0 Å². The molecule has 4 nitrogen and oxygen atoms in total. The normalized spacial score (nSPS) is 10.1. The van der Waals surface area contributed by atoms with Gasteiger partial charge in [0.1, 0.15) is 0 Å². The molecule has 4 heteroatoms. The lowest BCUT2D eigenvalue weighted by Crippen LogP contribution is -1.86. The summed E-state index contributed by atoms with van der Waals surface area (Å²) < 4.78 is 0. The minimum atomic E-state index is 0.386. The van der Waals surface area contributed by atoms with Crippen molar-refractivity contribution in [1.82, 2.24) is 4.98 Å². The van der Waals surface area contributed by atoms with Gasteiger partial charge in [0.2, 0.25) is 0 Å². The second-order valence-electron chi connectivity index (χ2n) is 3.00. The molecule has 0 aliphatic heterocycles. The highest BCUT2D eigenvalue weighted by molar-refractivity contribution is 5.50. The van der Waals surface area contributed by atoms with Crippen LogP contribution in [0.25, 0.3) is 16.5 Å². The predicted octanol–water partition coefficient (Wildman–Crippen LogP) is 3.02. The van der Waals surface area contributed by atoms with Crippen molar-refractivity contribution < 1.29 is 0 Å². The SMILES string of the molecule is Cc1cc(C=CCN=[N+]=[N-])cc(C)n1. The van der Waals surface area contributed by atoms with Crippen LogP contribution in [-0.4, -0.2) is 11.5 Å². The number of azide groups is 1. The minimum absolute atomic E-state index is 0.386. The molecule has 72 valence electrons. The van der Waals surface area contributed by atoms with Gasteiger partial charge in [-0.05, 0) is 37.1 Å². The molecule has 0 fully saturated rings. The third kappa shape index (κ3) is 3.29. The van der Waals surface area contributed by atoms with Gasteiger partial charge in [-0.25, -0.2) is 0 Å². The standard InChI is InChI=1S/C10H12N4/c1-8-6-10(7-9(2)13-8)4-3-5-12-14-11/h3-4,6-7H,5H2,1-2H3. The van der Waals surface area contributed by atoms with E-state index in [9.17, 15) is 0 Å². The van der Waals surface area contributed by atoms with Crippen molar-refractivity contribution in [3.05, 3.63) is 45.6 Å². The Labute approximate surface area is 82.9 Å². The molecule has 0 aliphatic rings. The first-order valence-electron chi connectivity index (χ1n) is 4.35. The zero-order valence-corrected chi connectivity index (χ0v) is 8.31. The molecule has 0 bridgehead atoms. The molecule has 0 atom stereocenters. The maximum absolute atomic E-state index is 8.07. The van der Waals surface area contributed by atoms with E-state index < -0.39 is 0 Å². The van der Waals surface area contributed by atoms with Gasteiger partial charge in [0, 0.05) is 22.8 Å². The monoisotopic (exact) mass is 188 g/mol. The topological polar surface area (TPSA) is 61.7 Å². The Morgan fingerprint density at radius 3 is 2.64 bits per heavy atom. The lowest BCUT2D eigenvalue weighted by molar-refractivity contribution is 1.12. The smallest absolute Gasteiger partial charge is 0.0443 e. The van der Waals surface area contributed by atoms with Crippen molar-refractivity contribution in [2.24, 2.45) is 5.11 Å². The fraction of sp³-hybridized carbons (Fsp3) is 0.300. The summed E-state index contributed by atoms with van der Waals surface area (Å²) in [5, 5.41) is 3.41. The predicted molar refractivity (Wildman–Crippen MR) is 56.8 cm³/mol. The number of hydrogen-bond acceptors (Lipinski definition) is 2. The largest absolute Gasteiger partial charge is 0.258 e. The average Bonchev–Trinajstić information content (AvgIpc) is 2.11. The van der Waals surface area contributed by atoms with Gasteiger partial charge < -0.3 is 0 Å². The van der Waals surface area contributed by atoms with Crippen LogP contribution < -0.4 is 0 Å². The van der Waals surface area contributed by atoms with Gasteiger partial charge in [0.05, 0.1) is 0 Å². The van der Waals surface area contributed by atoms with Gasteiger partial charge >= 0.3 is 0 Å². The van der Waals surface area contributed by atoms with Crippen LogP contribution in [0.1, 0.15) is 17.0 Å². The summed E-state index contributed by atoms with van der Waals surface area (Å²) in [6, 6.07) is 3.97. The highest BCUT2D eigenvalue weighted by Crippen LogP contribution is 2.06. The minimum Gasteiger partial charge on any atom is -0.258 e. The summed E-state index contributed by atoms with van der Waals surface area (Å²) in [7, 11) is 0. The second kappa shape index (κ2) is 5.04. The van der Waals surface area contributed by atoms with E-state index in [0.29, 0.717) is 6.54 Å².